The van der Waals surface area contributed by atoms with Crippen LogP contribution in [0.2, 0.25) is 0 Å². The predicted molar refractivity (Wildman–Crippen MR) is 204 cm³/mol. The van der Waals surface area contributed by atoms with Crippen molar-refractivity contribution in [3.05, 3.63) is 124 Å². The molecule has 0 heterocycles. The van der Waals surface area contributed by atoms with Gasteiger partial charge in [-0.25, -0.2) is 9.59 Å². The molecule has 0 radical (unpaired) electrons. The van der Waals surface area contributed by atoms with Gasteiger partial charge in [0, 0.05) is 41.5 Å². The van der Waals surface area contributed by atoms with Crippen LogP contribution in [0.4, 0.5) is 10.5 Å². The third-order valence-corrected chi connectivity index (χ3v) is 8.74. The van der Waals surface area contributed by atoms with E-state index >= 15 is 0 Å². The SMILES string of the molecule is CCc1ccc(N(Cc2ccc(OC)cc2OC)[C@H](C(=O)O)C(=O)c2cccc(CNC(=O)OC(C)(C)C)c2)cc1.NC(=O)c1ccc2c(c1)CCC2. The average Bonchev–Trinajstić information content (AvgIpc) is 3.61. The van der Waals surface area contributed by atoms with Crippen LogP contribution in [0.3, 0.4) is 0 Å². The minimum atomic E-state index is -1.54. The number of primary amides is 1. The van der Waals surface area contributed by atoms with Gasteiger partial charge in [0.1, 0.15) is 17.1 Å². The Bertz CT molecular complexity index is 1920. The molecule has 4 aromatic carbocycles. The van der Waals surface area contributed by atoms with Gasteiger partial charge in [-0.05, 0) is 111 Å². The van der Waals surface area contributed by atoms with Gasteiger partial charge < -0.3 is 35.3 Å². The second kappa shape index (κ2) is 18.1. The van der Waals surface area contributed by atoms with E-state index in [9.17, 15) is 24.3 Å². The fourth-order valence-electron chi connectivity index (χ4n) is 6.01. The fourth-order valence-corrected chi connectivity index (χ4v) is 6.01. The summed E-state index contributed by atoms with van der Waals surface area (Å²) in [6.07, 6.45) is 3.67. The number of carbonyl (C=O) groups is 4. The maximum absolute atomic E-state index is 13.9. The molecular weight excluding hydrogens is 674 g/mol. The van der Waals surface area contributed by atoms with Gasteiger partial charge in [0.05, 0.1) is 14.2 Å². The van der Waals surface area contributed by atoms with Crippen molar-refractivity contribution in [1.29, 1.82) is 0 Å². The highest BCUT2D eigenvalue weighted by atomic mass is 16.6. The molecule has 0 aliphatic heterocycles. The summed E-state index contributed by atoms with van der Waals surface area (Å²) in [6.45, 7) is 7.52. The monoisotopic (exact) mass is 723 g/mol. The van der Waals surface area contributed by atoms with Gasteiger partial charge in [-0.15, -0.1) is 0 Å². The molecule has 11 heteroatoms. The number of ketones is 1. The van der Waals surface area contributed by atoms with Crippen molar-refractivity contribution in [3.8, 4) is 11.5 Å². The molecule has 4 N–H and O–H groups in total. The number of hydrogen-bond acceptors (Lipinski definition) is 8. The van der Waals surface area contributed by atoms with Crippen molar-refractivity contribution in [2.45, 2.75) is 78.1 Å². The van der Waals surface area contributed by atoms with E-state index in [0.717, 1.165) is 24.8 Å². The average molecular weight is 724 g/mol. The summed E-state index contributed by atoms with van der Waals surface area (Å²) in [6, 6.07) is 23.5. The molecule has 53 heavy (non-hydrogen) atoms. The fraction of sp³-hybridized carbons (Fsp3) is 0.333. The van der Waals surface area contributed by atoms with Crippen molar-refractivity contribution in [2.75, 3.05) is 19.1 Å². The van der Waals surface area contributed by atoms with Crippen LogP contribution in [0.1, 0.15) is 82.6 Å². The third kappa shape index (κ3) is 11.1. The number of nitrogens with one attached hydrogen (secondary N) is 1. The zero-order valence-electron chi connectivity index (χ0n) is 31.2. The second-order valence-electron chi connectivity index (χ2n) is 13.7. The molecule has 1 aliphatic rings. The molecule has 0 unspecified atom stereocenters. The van der Waals surface area contributed by atoms with Crippen molar-refractivity contribution >= 4 is 29.4 Å². The van der Waals surface area contributed by atoms with Crippen molar-refractivity contribution < 1.29 is 38.5 Å². The van der Waals surface area contributed by atoms with Crippen LogP contribution >= 0.6 is 0 Å². The molecule has 0 spiro atoms. The number of nitrogens with two attached hydrogens (primary N) is 1. The Morgan fingerprint density at radius 2 is 1.57 bits per heavy atom. The number of fused-ring (bicyclic) bond motifs is 1. The van der Waals surface area contributed by atoms with Crippen LogP contribution in [0.15, 0.2) is 84.9 Å². The molecule has 1 atom stereocenters. The molecule has 0 bridgehead atoms. The van der Waals surface area contributed by atoms with Crippen LogP contribution < -0.4 is 25.4 Å². The number of Topliss-reactive ketones (excluding diaryl/α,β-unsaturated/α-hetero) is 1. The van der Waals surface area contributed by atoms with Gasteiger partial charge >= 0.3 is 12.1 Å². The van der Waals surface area contributed by atoms with Gasteiger partial charge in [-0.3, -0.25) is 9.59 Å². The molecule has 0 aromatic heterocycles. The first-order valence-electron chi connectivity index (χ1n) is 17.5. The zero-order chi connectivity index (χ0) is 38.7. The quantitative estimate of drug-likeness (QED) is 0.0985. The summed E-state index contributed by atoms with van der Waals surface area (Å²) in [7, 11) is 3.07. The lowest BCUT2D eigenvalue weighted by Crippen LogP contribution is -2.47. The molecule has 280 valence electrons. The smallest absolute Gasteiger partial charge is 0.407 e. The number of nitrogens with zero attached hydrogens (tertiary/aromatic N) is 1. The largest absolute Gasteiger partial charge is 0.497 e. The van der Waals surface area contributed by atoms with Crippen LogP contribution in [-0.4, -0.2) is 54.7 Å². The number of benzene rings is 4. The highest BCUT2D eigenvalue weighted by Gasteiger charge is 2.35. The number of carboxylic acids is 1. The highest BCUT2D eigenvalue weighted by molar-refractivity contribution is 6.14. The lowest BCUT2D eigenvalue weighted by Gasteiger charge is -2.31. The number of carboxylic acid groups (broad SMARTS) is 1. The Kier molecular flexibility index (Phi) is 13.6. The molecule has 0 saturated carbocycles. The van der Waals surface area contributed by atoms with Gasteiger partial charge in [0.2, 0.25) is 5.91 Å². The van der Waals surface area contributed by atoms with Crippen LogP contribution in [0, 0.1) is 0 Å². The number of aryl methyl sites for hydroxylation is 3. The maximum atomic E-state index is 13.9. The number of methoxy groups -OCH3 is 2. The first-order valence-corrected chi connectivity index (χ1v) is 17.5. The summed E-state index contributed by atoms with van der Waals surface area (Å²) in [5.41, 5.74) is 11.0. The maximum Gasteiger partial charge on any atom is 0.407 e. The van der Waals surface area contributed by atoms with E-state index in [-0.39, 0.29) is 24.6 Å². The van der Waals surface area contributed by atoms with E-state index in [2.05, 4.69) is 5.32 Å². The summed E-state index contributed by atoms with van der Waals surface area (Å²) in [5, 5.41) is 13.1. The molecule has 11 nitrogen and oxygen atoms in total. The number of hydrogen-bond donors (Lipinski definition) is 3. The number of ether oxygens (including phenoxy) is 3. The topological polar surface area (TPSA) is 157 Å². The number of carbonyl (C=O) groups excluding carboxylic acids is 3. The standard InChI is InChI=1S/C32H38N2O7.C10H11NO/c1-7-21-11-14-25(15-12-21)34(20-24-13-16-26(39-5)18-27(24)40-6)28(30(36)37)29(35)23-10-8-9-22(17-23)19-33-31(38)41-32(2,3)4;11-10(12)9-5-4-7-2-1-3-8(7)6-9/h8-18,28H,7,19-20H2,1-6H3,(H,33,38)(H,36,37);4-6H,1-3H2,(H2,11,12)/t28-;/m0./s1. The molecule has 2 amide bonds. The van der Waals surface area contributed by atoms with Gasteiger partial charge in [0.15, 0.2) is 11.8 Å². The Hall–Kier alpha value is -5.84. The van der Waals surface area contributed by atoms with Gasteiger partial charge in [-0.2, -0.15) is 0 Å². The Morgan fingerprint density at radius 3 is 2.19 bits per heavy atom. The molecule has 0 fully saturated rings. The molecule has 1 aliphatic carbocycles. The van der Waals surface area contributed by atoms with E-state index in [0.29, 0.717) is 33.9 Å². The summed E-state index contributed by atoms with van der Waals surface area (Å²) >= 11 is 0. The molecule has 0 saturated heterocycles. The number of anilines is 1. The van der Waals surface area contributed by atoms with Crippen LogP contribution in [0.25, 0.3) is 0 Å². The Morgan fingerprint density at radius 1 is 0.849 bits per heavy atom. The minimum Gasteiger partial charge on any atom is -0.497 e. The Labute approximate surface area is 311 Å². The first-order chi connectivity index (χ1) is 25.2. The second-order valence-corrected chi connectivity index (χ2v) is 13.7. The lowest BCUT2D eigenvalue weighted by molar-refractivity contribution is -0.137. The number of aliphatic carboxylic acids is 1. The normalized spacial score (nSPS) is 12.3. The summed E-state index contributed by atoms with van der Waals surface area (Å²) in [4.78, 5) is 51.1. The van der Waals surface area contributed by atoms with E-state index in [4.69, 9.17) is 19.9 Å². The first kappa shape index (κ1) is 39.9. The zero-order valence-corrected chi connectivity index (χ0v) is 31.2. The van der Waals surface area contributed by atoms with Crippen molar-refractivity contribution in [2.24, 2.45) is 5.73 Å². The number of rotatable bonds is 13. The van der Waals surface area contributed by atoms with E-state index in [1.807, 2.05) is 49.4 Å². The Balaban J connectivity index is 0.000000437. The lowest BCUT2D eigenvalue weighted by atomic mass is 9.99. The summed E-state index contributed by atoms with van der Waals surface area (Å²) < 4.78 is 16.1. The van der Waals surface area contributed by atoms with E-state index < -0.39 is 29.5 Å². The van der Waals surface area contributed by atoms with Gasteiger partial charge in [0.25, 0.3) is 0 Å². The van der Waals surface area contributed by atoms with Crippen LogP contribution in [-0.2, 0) is 41.9 Å². The van der Waals surface area contributed by atoms with Crippen molar-refractivity contribution in [3.63, 3.8) is 0 Å². The van der Waals surface area contributed by atoms with Crippen LogP contribution in [0.5, 0.6) is 11.5 Å². The summed E-state index contributed by atoms with van der Waals surface area (Å²) in [5.74, 6) is -1.12. The van der Waals surface area contributed by atoms with E-state index in [1.165, 1.54) is 24.7 Å². The van der Waals surface area contributed by atoms with Crippen molar-refractivity contribution in [1.82, 2.24) is 5.32 Å². The van der Waals surface area contributed by atoms with E-state index in [1.54, 1.807) is 75.2 Å². The number of amides is 2. The third-order valence-electron chi connectivity index (χ3n) is 8.74. The molecule has 4 aromatic rings. The predicted octanol–water partition coefficient (Wildman–Crippen LogP) is 6.91. The molecule has 5 rings (SSSR count). The highest BCUT2D eigenvalue weighted by Crippen LogP contribution is 2.30. The minimum absolute atomic E-state index is 0.0846. The van der Waals surface area contributed by atoms with Gasteiger partial charge in [-0.1, -0.05) is 43.3 Å². The number of alkyl carbamates (subject to hydrolysis) is 1. The molecular formula is C42H49N3O8.